The number of carbonyl (C=O) groups excluding carboxylic acids is 2. The van der Waals surface area contributed by atoms with E-state index in [1.165, 1.54) is 11.8 Å². The molecule has 0 bridgehead atoms. The fourth-order valence-electron chi connectivity index (χ4n) is 2.91. The summed E-state index contributed by atoms with van der Waals surface area (Å²) < 4.78 is 1.96. The van der Waals surface area contributed by atoms with Crippen LogP contribution in [-0.2, 0) is 17.9 Å². The Balaban J connectivity index is 1.69. The van der Waals surface area contributed by atoms with Crippen molar-refractivity contribution in [2.75, 3.05) is 18.6 Å². The zero-order valence-corrected chi connectivity index (χ0v) is 15.1. The van der Waals surface area contributed by atoms with Crippen LogP contribution in [0, 0.1) is 0 Å². The van der Waals surface area contributed by atoms with E-state index in [9.17, 15) is 9.59 Å². The topological polar surface area (TPSA) is 80.1 Å². The van der Waals surface area contributed by atoms with E-state index in [0.717, 1.165) is 11.5 Å². The molecule has 0 saturated carbocycles. The lowest BCUT2D eigenvalue weighted by atomic mass is 10.2. The highest BCUT2D eigenvalue weighted by Gasteiger charge is 2.30. The van der Waals surface area contributed by atoms with E-state index in [0.29, 0.717) is 31.1 Å². The molecule has 0 unspecified atom stereocenters. The zero-order chi connectivity index (χ0) is 17.8. The monoisotopic (exact) mass is 359 g/mol. The minimum Gasteiger partial charge on any atom is -0.345 e. The quantitative estimate of drug-likeness (QED) is 0.875. The molecule has 2 aromatic rings. The average Bonchev–Trinajstić information content (AvgIpc) is 3.06. The predicted octanol–water partition coefficient (Wildman–Crippen LogP) is 1.47. The molecular weight excluding hydrogens is 338 g/mol. The maximum absolute atomic E-state index is 12.4. The van der Waals surface area contributed by atoms with Gasteiger partial charge < -0.3 is 14.8 Å². The van der Waals surface area contributed by atoms with Crippen LogP contribution < -0.4 is 5.32 Å². The molecule has 3 heterocycles. The van der Waals surface area contributed by atoms with Crippen molar-refractivity contribution in [1.29, 1.82) is 0 Å². The summed E-state index contributed by atoms with van der Waals surface area (Å²) in [4.78, 5) is 35.0. The largest absolute Gasteiger partial charge is 0.345 e. The average molecular weight is 359 g/mol. The standard InChI is InChI=1S/C17H21N5O2S/c1-12-16-20-14(17(24)19-9-13-5-3-4-6-18-13)10-21(16)7-8-22(12)15(23)11-25-2/h3-6,10,12H,7-9,11H2,1-2H3,(H,19,24)/t12-/m0/s1. The number of hydrogen-bond acceptors (Lipinski definition) is 5. The Labute approximate surface area is 150 Å². The SMILES string of the molecule is CSCC(=O)N1CCn2cc(C(=O)NCc3ccccn3)nc2[C@@H]1C. The van der Waals surface area contributed by atoms with Crippen LogP contribution in [0.4, 0.5) is 0 Å². The summed E-state index contributed by atoms with van der Waals surface area (Å²) in [6, 6.07) is 5.44. The lowest BCUT2D eigenvalue weighted by Crippen LogP contribution is -2.41. The van der Waals surface area contributed by atoms with Gasteiger partial charge in [-0.05, 0) is 25.3 Å². The van der Waals surface area contributed by atoms with Crippen LogP contribution in [0.15, 0.2) is 30.6 Å². The summed E-state index contributed by atoms with van der Waals surface area (Å²) in [7, 11) is 0. The molecule has 2 amide bonds. The third-order valence-corrected chi connectivity index (χ3v) is 4.74. The lowest BCUT2D eigenvalue weighted by Gasteiger charge is -2.33. The first-order valence-electron chi connectivity index (χ1n) is 8.13. The number of nitrogens with one attached hydrogen (secondary N) is 1. The summed E-state index contributed by atoms with van der Waals surface area (Å²) in [6.07, 6.45) is 5.37. The van der Waals surface area contributed by atoms with Crippen LogP contribution in [0.25, 0.3) is 0 Å². The Morgan fingerprint density at radius 3 is 2.92 bits per heavy atom. The third-order valence-electron chi connectivity index (χ3n) is 4.21. The number of pyridine rings is 1. The fourth-order valence-corrected chi connectivity index (χ4v) is 3.32. The van der Waals surface area contributed by atoms with E-state index in [-0.39, 0.29) is 17.9 Å². The summed E-state index contributed by atoms with van der Waals surface area (Å²) in [5.41, 5.74) is 1.17. The Hall–Kier alpha value is -2.35. The van der Waals surface area contributed by atoms with Gasteiger partial charge in [-0.1, -0.05) is 6.07 Å². The first kappa shape index (κ1) is 17.5. The van der Waals surface area contributed by atoms with Gasteiger partial charge in [0.05, 0.1) is 24.0 Å². The van der Waals surface area contributed by atoms with E-state index in [2.05, 4.69) is 15.3 Å². The number of amides is 2. The van der Waals surface area contributed by atoms with Gasteiger partial charge in [-0.3, -0.25) is 14.6 Å². The molecule has 0 fully saturated rings. The number of nitrogens with zero attached hydrogens (tertiary/aromatic N) is 4. The zero-order valence-electron chi connectivity index (χ0n) is 14.3. The lowest BCUT2D eigenvalue weighted by molar-refractivity contribution is -0.131. The molecule has 2 aromatic heterocycles. The molecule has 0 spiro atoms. The maximum Gasteiger partial charge on any atom is 0.271 e. The second-order valence-electron chi connectivity index (χ2n) is 5.88. The fraction of sp³-hybridized carbons (Fsp3) is 0.412. The molecule has 1 N–H and O–H groups in total. The Kier molecular flexibility index (Phi) is 5.37. The van der Waals surface area contributed by atoms with Crippen molar-refractivity contribution >= 4 is 23.6 Å². The number of rotatable bonds is 5. The van der Waals surface area contributed by atoms with E-state index in [4.69, 9.17) is 0 Å². The second kappa shape index (κ2) is 7.69. The van der Waals surface area contributed by atoms with Gasteiger partial charge in [-0.2, -0.15) is 11.8 Å². The van der Waals surface area contributed by atoms with Crippen LogP contribution in [0.5, 0.6) is 0 Å². The highest BCUT2D eigenvalue weighted by molar-refractivity contribution is 7.99. The first-order chi connectivity index (χ1) is 12.1. The Morgan fingerprint density at radius 1 is 1.36 bits per heavy atom. The predicted molar refractivity (Wildman–Crippen MR) is 96.1 cm³/mol. The van der Waals surface area contributed by atoms with Gasteiger partial charge in [0.1, 0.15) is 11.5 Å². The van der Waals surface area contributed by atoms with Gasteiger partial charge >= 0.3 is 0 Å². The summed E-state index contributed by atoms with van der Waals surface area (Å²) >= 11 is 1.51. The van der Waals surface area contributed by atoms with Crippen LogP contribution in [0.1, 0.15) is 35.0 Å². The smallest absolute Gasteiger partial charge is 0.271 e. The molecule has 7 nitrogen and oxygen atoms in total. The van der Waals surface area contributed by atoms with Crippen molar-refractivity contribution in [3.63, 3.8) is 0 Å². The van der Waals surface area contributed by atoms with Crippen molar-refractivity contribution in [1.82, 2.24) is 24.8 Å². The number of thioether (sulfide) groups is 1. The molecule has 0 aliphatic carbocycles. The van der Waals surface area contributed by atoms with E-state index >= 15 is 0 Å². The molecular formula is C17H21N5O2S. The molecule has 0 aromatic carbocycles. The highest BCUT2D eigenvalue weighted by atomic mass is 32.2. The summed E-state index contributed by atoms with van der Waals surface area (Å²) in [5.74, 6) is 1.09. The van der Waals surface area contributed by atoms with Crippen LogP contribution in [0.2, 0.25) is 0 Å². The van der Waals surface area contributed by atoms with Crippen molar-refractivity contribution in [2.45, 2.75) is 26.1 Å². The van der Waals surface area contributed by atoms with Gasteiger partial charge in [0.15, 0.2) is 0 Å². The molecule has 132 valence electrons. The Bertz CT molecular complexity index is 762. The van der Waals surface area contributed by atoms with E-state index in [1.54, 1.807) is 12.4 Å². The molecule has 1 aliphatic heterocycles. The van der Waals surface area contributed by atoms with Crippen molar-refractivity contribution in [3.05, 3.63) is 47.8 Å². The minimum atomic E-state index is -0.234. The molecule has 1 atom stereocenters. The van der Waals surface area contributed by atoms with Gasteiger partial charge in [-0.25, -0.2) is 4.98 Å². The van der Waals surface area contributed by atoms with Gasteiger partial charge in [-0.15, -0.1) is 0 Å². The number of imidazole rings is 1. The molecule has 1 aliphatic rings. The minimum absolute atomic E-state index is 0.107. The van der Waals surface area contributed by atoms with Gasteiger partial charge in [0.2, 0.25) is 5.91 Å². The molecule has 0 saturated heterocycles. The van der Waals surface area contributed by atoms with Crippen molar-refractivity contribution < 1.29 is 9.59 Å². The summed E-state index contributed by atoms with van der Waals surface area (Å²) in [6.45, 7) is 3.60. The Morgan fingerprint density at radius 2 is 2.20 bits per heavy atom. The van der Waals surface area contributed by atoms with E-state index in [1.807, 2.05) is 40.8 Å². The summed E-state index contributed by atoms with van der Waals surface area (Å²) in [5, 5.41) is 2.83. The molecule has 8 heteroatoms. The third kappa shape index (κ3) is 3.84. The van der Waals surface area contributed by atoms with Crippen LogP contribution in [0.3, 0.4) is 0 Å². The van der Waals surface area contributed by atoms with Crippen molar-refractivity contribution in [2.24, 2.45) is 0 Å². The number of carbonyl (C=O) groups is 2. The first-order valence-corrected chi connectivity index (χ1v) is 9.53. The van der Waals surface area contributed by atoms with Crippen LogP contribution in [-0.4, -0.2) is 49.8 Å². The van der Waals surface area contributed by atoms with Crippen molar-refractivity contribution in [3.8, 4) is 0 Å². The number of fused-ring (bicyclic) bond motifs is 1. The maximum atomic E-state index is 12.4. The molecule has 0 radical (unpaired) electrons. The van der Waals surface area contributed by atoms with Gasteiger partial charge in [0.25, 0.3) is 5.91 Å². The molecule has 25 heavy (non-hydrogen) atoms. The normalized spacial score (nSPS) is 16.4. The van der Waals surface area contributed by atoms with Crippen LogP contribution >= 0.6 is 11.8 Å². The van der Waals surface area contributed by atoms with E-state index < -0.39 is 0 Å². The number of hydrogen-bond donors (Lipinski definition) is 1. The molecule has 3 rings (SSSR count). The second-order valence-corrected chi connectivity index (χ2v) is 6.74. The highest BCUT2D eigenvalue weighted by Crippen LogP contribution is 2.25. The van der Waals surface area contributed by atoms with Gasteiger partial charge in [0, 0.05) is 25.5 Å². The number of aromatic nitrogens is 3.